The molecule has 2 aromatic heterocycles. The maximum atomic E-state index is 2.30. The van der Waals surface area contributed by atoms with Gasteiger partial charge < -0.3 is 17.0 Å². The van der Waals surface area contributed by atoms with E-state index in [1.807, 2.05) is 0 Å². The lowest BCUT2D eigenvalue weighted by Gasteiger charge is -2.16. The van der Waals surface area contributed by atoms with Crippen LogP contribution in [-0.4, -0.2) is 9.13 Å². The first-order valence-electron chi connectivity index (χ1n) is 13.1. The number of halogens is 1. The molecular weight excluding hydrogens is 508 g/mol. The second-order valence-electron chi connectivity index (χ2n) is 11.0. The molecule has 0 N–H and O–H groups in total. The fourth-order valence-electron chi connectivity index (χ4n) is 5.03. The molecule has 0 aliphatic heterocycles. The van der Waals surface area contributed by atoms with Crippen LogP contribution in [0.2, 0.25) is 0 Å². The van der Waals surface area contributed by atoms with Crippen molar-refractivity contribution in [1.29, 1.82) is 0 Å². The second-order valence-corrected chi connectivity index (χ2v) is 11.0. The molecule has 0 spiro atoms. The Balaban J connectivity index is 0.00000361. The molecule has 0 saturated heterocycles. The largest absolute Gasteiger partial charge is 1.00 e. The van der Waals surface area contributed by atoms with E-state index in [0.717, 1.165) is 6.67 Å². The van der Waals surface area contributed by atoms with Gasteiger partial charge in [0.1, 0.15) is 36.2 Å². The minimum absolute atomic E-state index is 0. The molecule has 0 radical (unpaired) electrons. The molecule has 0 saturated carbocycles. The summed E-state index contributed by atoms with van der Waals surface area (Å²) in [5.41, 5.74) is 8.22. The van der Waals surface area contributed by atoms with Gasteiger partial charge in [0.15, 0.2) is 0 Å². The lowest BCUT2D eigenvalue weighted by Crippen LogP contribution is -3.00. The van der Waals surface area contributed by atoms with Crippen LogP contribution in [0.15, 0.2) is 73.8 Å². The summed E-state index contributed by atoms with van der Waals surface area (Å²) in [4.78, 5) is 0. The van der Waals surface area contributed by atoms with Crippen LogP contribution in [-0.2, 0) is 6.67 Å². The van der Waals surface area contributed by atoms with Crippen LogP contribution >= 0.6 is 0 Å². The van der Waals surface area contributed by atoms with Crippen LogP contribution in [0.4, 0.5) is 0 Å². The molecule has 36 heavy (non-hydrogen) atoms. The second kappa shape index (κ2) is 11.6. The highest BCUT2D eigenvalue weighted by molar-refractivity contribution is 5.51. The van der Waals surface area contributed by atoms with E-state index < -0.39 is 0 Å². The molecule has 4 rings (SSSR count). The zero-order valence-electron chi connectivity index (χ0n) is 23.1. The highest BCUT2D eigenvalue weighted by atomic mass is 79.9. The molecule has 0 amide bonds. The highest BCUT2D eigenvalue weighted by Crippen LogP contribution is 2.31. The number of rotatable bonds is 8. The van der Waals surface area contributed by atoms with Gasteiger partial charge in [0.2, 0.25) is 6.67 Å². The summed E-state index contributed by atoms with van der Waals surface area (Å²) in [7, 11) is 0. The first-order chi connectivity index (χ1) is 16.7. The topological polar surface area (TPSA) is 17.6 Å². The van der Waals surface area contributed by atoms with Crippen molar-refractivity contribution >= 4 is 0 Å². The number of para-hydroxylation sites is 2. The van der Waals surface area contributed by atoms with Crippen LogP contribution in [0.5, 0.6) is 0 Å². The third-order valence-electron chi connectivity index (χ3n) is 6.91. The SMILES string of the molecule is CC(C)c1cccc(C(C)C)c1-n1cc[n+](C[n+]2ccn(-c3c(C(C)C)cccc3C(C)C)c2)c1.[Br-]. The van der Waals surface area contributed by atoms with Crippen molar-refractivity contribution in [1.82, 2.24) is 9.13 Å². The molecular formula is C31H42BrN4+. The number of benzene rings is 2. The lowest BCUT2D eigenvalue weighted by molar-refractivity contribution is -0.912. The van der Waals surface area contributed by atoms with Crippen molar-refractivity contribution in [2.75, 3.05) is 0 Å². The maximum absolute atomic E-state index is 2.30. The molecule has 4 aromatic rings. The Labute approximate surface area is 228 Å². The lowest BCUT2D eigenvalue weighted by atomic mass is 9.92. The number of hydrogen-bond acceptors (Lipinski definition) is 0. The Morgan fingerprint density at radius 1 is 0.556 bits per heavy atom. The minimum atomic E-state index is 0. The molecule has 0 bridgehead atoms. The standard InChI is InChI=1S/C31H42N4.BrH/c1-22(2)26-11-9-12-27(23(3)4)30(26)34-17-15-32(20-34)19-33-16-18-35(21-33)31-28(24(5)6)13-10-14-29(31)25(7)8;/h9-18,20-25H,19H2,1-8H3;1H/q+2;/p-1. The number of hydrogen-bond donors (Lipinski definition) is 0. The van der Waals surface area contributed by atoms with Gasteiger partial charge in [-0.2, -0.15) is 9.13 Å². The van der Waals surface area contributed by atoms with Gasteiger partial charge in [0.05, 0.1) is 0 Å². The Hall–Kier alpha value is -2.66. The van der Waals surface area contributed by atoms with Crippen molar-refractivity contribution in [2.45, 2.75) is 85.7 Å². The monoisotopic (exact) mass is 549 g/mol. The van der Waals surface area contributed by atoms with Gasteiger partial charge in [0.25, 0.3) is 12.7 Å². The van der Waals surface area contributed by atoms with E-state index in [-0.39, 0.29) is 17.0 Å². The van der Waals surface area contributed by atoms with Crippen LogP contribution in [0, 0.1) is 0 Å². The van der Waals surface area contributed by atoms with E-state index in [9.17, 15) is 0 Å². The van der Waals surface area contributed by atoms with E-state index in [1.54, 1.807) is 0 Å². The zero-order valence-corrected chi connectivity index (χ0v) is 24.7. The normalized spacial score (nSPS) is 11.7. The average molecular weight is 551 g/mol. The Kier molecular flexibility index (Phi) is 8.99. The van der Waals surface area contributed by atoms with Crippen LogP contribution in [0.3, 0.4) is 0 Å². The van der Waals surface area contributed by atoms with Crippen LogP contribution in [0.1, 0.15) is 101 Å². The predicted molar refractivity (Wildman–Crippen MR) is 144 cm³/mol. The van der Waals surface area contributed by atoms with Crippen LogP contribution in [0.25, 0.3) is 11.4 Å². The van der Waals surface area contributed by atoms with Crippen LogP contribution < -0.4 is 26.1 Å². The fourth-order valence-corrected chi connectivity index (χ4v) is 5.03. The van der Waals surface area contributed by atoms with E-state index in [4.69, 9.17) is 0 Å². The molecule has 0 fully saturated rings. The number of nitrogens with zero attached hydrogens (tertiary/aromatic N) is 4. The molecule has 2 heterocycles. The molecule has 2 aromatic carbocycles. The van der Waals surface area contributed by atoms with Crippen molar-refractivity contribution < 1.29 is 26.1 Å². The number of imidazole rings is 2. The molecule has 0 aliphatic carbocycles. The maximum Gasteiger partial charge on any atom is 0.252 e. The first-order valence-corrected chi connectivity index (χ1v) is 13.1. The summed E-state index contributed by atoms with van der Waals surface area (Å²) >= 11 is 0. The van der Waals surface area contributed by atoms with Gasteiger partial charge in [-0.25, -0.2) is 9.13 Å². The zero-order chi connectivity index (χ0) is 25.3. The van der Waals surface area contributed by atoms with Gasteiger partial charge in [-0.1, -0.05) is 91.8 Å². The molecule has 192 valence electrons. The van der Waals surface area contributed by atoms with Crippen molar-refractivity contribution in [3.05, 3.63) is 96.1 Å². The fraction of sp³-hybridized carbons (Fsp3) is 0.419. The van der Waals surface area contributed by atoms with Crippen molar-refractivity contribution in [3.63, 3.8) is 0 Å². The highest BCUT2D eigenvalue weighted by Gasteiger charge is 2.22. The summed E-state index contributed by atoms with van der Waals surface area (Å²) in [6, 6.07) is 13.5. The Bertz CT molecular complexity index is 1140. The van der Waals surface area contributed by atoms with Gasteiger partial charge in [-0.05, 0) is 23.7 Å². The minimum Gasteiger partial charge on any atom is -1.00 e. The van der Waals surface area contributed by atoms with Gasteiger partial charge in [-0.15, -0.1) is 0 Å². The van der Waals surface area contributed by atoms with E-state index >= 15 is 0 Å². The average Bonchev–Trinajstić information content (AvgIpc) is 3.47. The van der Waals surface area contributed by atoms with Crippen molar-refractivity contribution in [2.24, 2.45) is 0 Å². The third-order valence-corrected chi connectivity index (χ3v) is 6.91. The van der Waals surface area contributed by atoms with Gasteiger partial charge >= 0.3 is 0 Å². The smallest absolute Gasteiger partial charge is 0.252 e. The van der Waals surface area contributed by atoms with E-state index in [0.29, 0.717) is 23.7 Å². The molecule has 4 nitrogen and oxygen atoms in total. The molecule has 5 heteroatoms. The number of aromatic nitrogens is 4. The first kappa shape index (κ1) is 27.9. The summed E-state index contributed by atoms with van der Waals surface area (Å²) in [6.45, 7) is 19.0. The quantitative estimate of drug-likeness (QED) is 0.297. The molecule has 0 atom stereocenters. The van der Waals surface area contributed by atoms with Gasteiger partial charge in [0, 0.05) is 22.3 Å². The van der Waals surface area contributed by atoms with Crippen molar-refractivity contribution in [3.8, 4) is 11.4 Å². The summed E-state index contributed by atoms with van der Waals surface area (Å²) < 4.78 is 9.10. The third kappa shape index (κ3) is 5.67. The Morgan fingerprint density at radius 2 is 0.861 bits per heavy atom. The summed E-state index contributed by atoms with van der Waals surface area (Å²) in [6.07, 6.45) is 13.2. The summed E-state index contributed by atoms with van der Waals surface area (Å²) in [5, 5.41) is 0. The van der Waals surface area contributed by atoms with E-state index in [1.165, 1.54) is 33.6 Å². The Morgan fingerprint density at radius 3 is 1.14 bits per heavy atom. The molecule has 0 aliphatic rings. The predicted octanol–water partition coefficient (Wildman–Crippen LogP) is 3.85. The van der Waals surface area contributed by atoms with Gasteiger partial charge in [-0.3, -0.25) is 0 Å². The van der Waals surface area contributed by atoms with E-state index in [2.05, 4.69) is 147 Å². The summed E-state index contributed by atoms with van der Waals surface area (Å²) in [5.74, 6) is 1.89. The molecule has 0 unspecified atom stereocenters.